The number of benzene rings is 1. The zero-order valence-corrected chi connectivity index (χ0v) is 11.4. The lowest BCUT2D eigenvalue weighted by Gasteiger charge is -2.22. The molecule has 0 aliphatic rings. The van der Waals surface area contributed by atoms with Crippen molar-refractivity contribution in [1.29, 1.82) is 0 Å². The minimum absolute atomic E-state index is 0.383. The smallest absolute Gasteiger partial charge is 0.398 e. The highest BCUT2D eigenvalue weighted by atomic mass is 19.4. The average Bonchev–Trinajstić information content (AvgIpc) is 2.46. The van der Waals surface area contributed by atoms with Crippen molar-refractivity contribution in [3.8, 4) is 0 Å². The molecule has 0 aliphatic heterocycles. The Labute approximate surface area is 120 Å². The number of aromatic nitrogens is 2. The number of para-hydroxylation sites is 1. The molecule has 1 heterocycles. The lowest BCUT2D eigenvalue weighted by atomic mass is 10.1. The van der Waals surface area contributed by atoms with Gasteiger partial charge in [0.25, 0.3) is 0 Å². The van der Waals surface area contributed by atoms with E-state index in [-0.39, 0.29) is 0 Å². The minimum Gasteiger partial charge on any atom is -0.398 e. The Morgan fingerprint density at radius 2 is 1.81 bits per heavy atom. The highest BCUT2D eigenvalue weighted by Gasteiger charge is 2.33. The van der Waals surface area contributed by atoms with Crippen LogP contribution in [0.5, 0.6) is 0 Å². The Balaban J connectivity index is 2.20. The van der Waals surface area contributed by atoms with E-state index in [1.165, 1.54) is 6.07 Å². The zero-order chi connectivity index (χ0) is 15.5. The molecular formula is C14H15F3N4. The molecule has 112 valence electrons. The average molecular weight is 296 g/mol. The van der Waals surface area contributed by atoms with Gasteiger partial charge in [-0.2, -0.15) is 13.2 Å². The molecule has 0 saturated heterocycles. The fourth-order valence-corrected chi connectivity index (χ4v) is 1.88. The molecule has 0 amide bonds. The number of hydrogen-bond donors (Lipinski definition) is 1. The molecule has 0 saturated carbocycles. The van der Waals surface area contributed by atoms with Gasteiger partial charge in [-0.25, -0.2) is 0 Å². The topological polar surface area (TPSA) is 55.0 Å². The van der Waals surface area contributed by atoms with E-state index < -0.39 is 11.9 Å². The predicted octanol–water partition coefficient (Wildman–Crippen LogP) is 3.10. The number of nitrogens with zero attached hydrogens (tertiary/aromatic N) is 3. The Morgan fingerprint density at radius 1 is 1.10 bits per heavy atom. The minimum atomic E-state index is -4.48. The van der Waals surface area contributed by atoms with Crippen molar-refractivity contribution in [2.75, 3.05) is 17.2 Å². The van der Waals surface area contributed by atoms with Crippen LogP contribution in [0.4, 0.5) is 24.7 Å². The van der Waals surface area contributed by atoms with Gasteiger partial charge in [-0.3, -0.25) is 0 Å². The van der Waals surface area contributed by atoms with E-state index in [0.29, 0.717) is 24.6 Å². The molecule has 7 heteroatoms. The van der Waals surface area contributed by atoms with E-state index in [1.807, 2.05) is 25.1 Å². The van der Waals surface area contributed by atoms with Crippen molar-refractivity contribution in [2.24, 2.45) is 0 Å². The lowest BCUT2D eigenvalue weighted by Crippen LogP contribution is -2.24. The van der Waals surface area contributed by atoms with Crippen molar-refractivity contribution in [2.45, 2.75) is 19.6 Å². The molecule has 0 spiro atoms. The molecule has 2 rings (SSSR count). The first-order valence-electron chi connectivity index (χ1n) is 6.41. The van der Waals surface area contributed by atoms with Crippen LogP contribution in [0.2, 0.25) is 0 Å². The van der Waals surface area contributed by atoms with Crippen molar-refractivity contribution in [1.82, 2.24) is 10.2 Å². The summed E-state index contributed by atoms with van der Waals surface area (Å²) >= 11 is 0. The molecule has 0 fully saturated rings. The Morgan fingerprint density at radius 3 is 2.33 bits per heavy atom. The molecule has 0 radical (unpaired) electrons. The molecule has 2 N–H and O–H groups in total. The maximum Gasteiger partial charge on any atom is 0.435 e. The fourth-order valence-electron chi connectivity index (χ4n) is 1.88. The van der Waals surface area contributed by atoms with Crippen LogP contribution in [-0.2, 0) is 12.7 Å². The summed E-state index contributed by atoms with van der Waals surface area (Å²) in [5.74, 6) is 0.383. The third kappa shape index (κ3) is 3.62. The van der Waals surface area contributed by atoms with Crippen LogP contribution in [0.3, 0.4) is 0 Å². The Hall–Kier alpha value is -2.31. The van der Waals surface area contributed by atoms with Gasteiger partial charge in [-0.05, 0) is 30.7 Å². The van der Waals surface area contributed by atoms with Crippen molar-refractivity contribution in [3.63, 3.8) is 0 Å². The third-order valence-electron chi connectivity index (χ3n) is 3.06. The van der Waals surface area contributed by atoms with Gasteiger partial charge in [0.1, 0.15) is 0 Å². The van der Waals surface area contributed by atoms with Gasteiger partial charge in [0.15, 0.2) is 11.5 Å². The van der Waals surface area contributed by atoms with Gasteiger partial charge in [-0.15, -0.1) is 10.2 Å². The molecule has 4 nitrogen and oxygen atoms in total. The van der Waals surface area contributed by atoms with Crippen LogP contribution in [-0.4, -0.2) is 16.7 Å². The van der Waals surface area contributed by atoms with Gasteiger partial charge < -0.3 is 10.6 Å². The number of nitrogen functional groups attached to an aromatic ring is 1. The third-order valence-corrected chi connectivity index (χ3v) is 3.06. The van der Waals surface area contributed by atoms with E-state index in [9.17, 15) is 13.2 Å². The van der Waals surface area contributed by atoms with Crippen LogP contribution in [0.1, 0.15) is 18.2 Å². The predicted molar refractivity (Wildman–Crippen MR) is 74.6 cm³/mol. The largest absolute Gasteiger partial charge is 0.435 e. The van der Waals surface area contributed by atoms with E-state index >= 15 is 0 Å². The first kappa shape index (κ1) is 15.1. The highest BCUT2D eigenvalue weighted by Crippen LogP contribution is 2.27. The van der Waals surface area contributed by atoms with E-state index in [0.717, 1.165) is 11.6 Å². The molecule has 1 aromatic heterocycles. The highest BCUT2D eigenvalue weighted by molar-refractivity contribution is 5.49. The zero-order valence-electron chi connectivity index (χ0n) is 11.4. The monoisotopic (exact) mass is 296 g/mol. The van der Waals surface area contributed by atoms with E-state index in [1.54, 1.807) is 11.0 Å². The Bertz CT molecular complexity index is 596. The number of hydrogen-bond acceptors (Lipinski definition) is 4. The van der Waals surface area contributed by atoms with Crippen LogP contribution >= 0.6 is 0 Å². The number of anilines is 2. The summed E-state index contributed by atoms with van der Waals surface area (Å²) in [7, 11) is 0. The van der Waals surface area contributed by atoms with E-state index in [4.69, 9.17) is 5.73 Å². The molecule has 1 aromatic carbocycles. The second-order valence-corrected chi connectivity index (χ2v) is 4.49. The van der Waals surface area contributed by atoms with Gasteiger partial charge >= 0.3 is 6.18 Å². The summed E-state index contributed by atoms with van der Waals surface area (Å²) in [5, 5.41) is 6.89. The first-order chi connectivity index (χ1) is 9.91. The summed E-state index contributed by atoms with van der Waals surface area (Å²) in [6.45, 7) is 2.93. The van der Waals surface area contributed by atoms with Crippen LogP contribution < -0.4 is 10.6 Å². The van der Waals surface area contributed by atoms with Gasteiger partial charge in [0, 0.05) is 18.8 Å². The summed E-state index contributed by atoms with van der Waals surface area (Å²) in [5.41, 5.74) is 6.40. The maximum atomic E-state index is 12.5. The van der Waals surface area contributed by atoms with Crippen molar-refractivity contribution in [3.05, 3.63) is 47.7 Å². The number of halogens is 3. The number of nitrogens with two attached hydrogens (primary N) is 1. The molecule has 0 bridgehead atoms. The molecule has 0 atom stereocenters. The summed E-state index contributed by atoms with van der Waals surface area (Å²) in [6, 6.07) is 9.58. The van der Waals surface area contributed by atoms with Gasteiger partial charge in [0.05, 0.1) is 0 Å². The maximum absolute atomic E-state index is 12.5. The molecule has 0 unspecified atom stereocenters. The standard InChI is InChI=1S/C14H15F3N4/c1-2-21(9-10-5-3-4-6-11(10)18)13-8-7-12(19-20-13)14(15,16)17/h3-8H,2,9,18H2,1H3. The number of rotatable bonds is 4. The molecule has 21 heavy (non-hydrogen) atoms. The molecular weight excluding hydrogens is 281 g/mol. The Kier molecular flexibility index (Phi) is 4.30. The van der Waals surface area contributed by atoms with Gasteiger partial charge in [0.2, 0.25) is 0 Å². The second-order valence-electron chi connectivity index (χ2n) is 4.49. The summed E-state index contributed by atoms with van der Waals surface area (Å²) < 4.78 is 37.4. The van der Waals surface area contributed by atoms with Crippen molar-refractivity contribution < 1.29 is 13.2 Å². The van der Waals surface area contributed by atoms with Crippen molar-refractivity contribution >= 4 is 11.5 Å². The van der Waals surface area contributed by atoms with Crippen LogP contribution in [0, 0.1) is 0 Å². The summed E-state index contributed by atoms with van der Waals surface area (Å²) in [4.78, 5) is 1.80. The first-order valence-corrected chi connectivity index (χ1v) is 6.41. The SMILES string of the molecule is CCN(Cc1ccccc1N)c1ccc(C(F)(F)F)nn1. The van der Waals surface area contributed by atoms with Crippen LogP contribution in [0.25, 0.3) is 0 Å². The second kappa shape index (κ2) is 5.99. The van der Waals surface area contributed by atoms with Crippen LogP contribution in [0.15, 0.2) is 36.4 Å². The molecule has 2 aromatic rings. The molecule has 0 aliphatic carbocycles. The van der Waals surface area contributed by atoms with E-state index in [2.05, 4.69) is 10.2 Å². The normalized spacial score (nSPS) is 11.4. The van der Waals surface area contributed by atoms with Gasteiger partial charge in [-0.1, -0.05) is 18.2 Å². The fraction of sp³-hybridized carbons (Fsp3) is 0.286. The number of alkyl halides is 3. The summed E-state index contributed by atoms with van der Waals surface area (Å²) in [6.07, 6.45) is -4.48. The quantitative estimate of drug-likeness (QED) is 0.881. The lowest BCUT2D eigenvalue weighted by molar-refractivity contribution is -0.141.